The van der Waals surface area contributed by atoms with Crippen LogP contribution in [0.1, 0.15) is 0 Å². The molecule has 0 rings (SSSR count). The van der Waals surface area contributed by atoms with Crippen LogP contribution in [0.4, 0.5) is 0 Å². The zero-order valence-corrected chi connectivity index (χ0v) is 10.4. The maximum absolute atomic E-state index is 10.8. The molecule has 0 saturated heterocycles. The van der Waals surface area contributed by atoms with E-state index in [0.717, 1.165) is 12.5 Å². The van der Waals surface area contributed by atoms with Gasteiger partial charge in [0.2, 0.25) is 0 Å². The first-order valence-electron chi connectivity index (χ1n) is 4.07. The summed E-state index contributed by atoms with van der Waals surface area (Å²) in [6.45, 7) is -1.49. The molecule has 8 nitrogen and oxygen atoms in total. The number of hydrogen-bond acceptors (Lipinski definition) is 8. The SMILES string of the molecule is CS(=O)(=O)OC[C@H](OS(C)(=O)=O)[C@H](O)CO. The van der Waals surface area contributed by atoms with Crippen LogP contribution in [-0.2, 0) is 28.6 Å². The molecule has 0 amide bonds. The molecule has 0 radical (unpaired) electrons. The van der Waals surface area contributed by atoms with Crippen molar-refractivity contribution in [3.8, 4) is 0 Å². The van der Waals surface area contributed by atoms with Crippen molar-refractivity contribution in [2.45, 2.75) is 12.2 Å². The Morgan fingerprint density at radius 3 is 1.94 bits per heavy atom. The van der Waals surface area contributed by atoms with Crippen LogP contribution < -0.4 is 0 Å². The molecule has 10 heteroatoms. The Labute approximate surface area is 94.0 Å². The highest BCUT2D eigenvalue weighted by Crippen LogP contribution is 2.06. The molecule has 0 aromatic rings. The molecule has 0 fully saturated rings. The summed E-state index contributed by atoms with van der Waals surface area (Å²) in [4.78, 5) is 0. The largest absolute Gasteiger partial charge is 0.394 e. The Morgan fingerprint density at radius 2 is 1.62 bits per heavy atom. The molecule has 0 aromatic carbocycles. The van der Waals surface area contributed by atoms with E-state index in [1.165, 1.54) is 0 Å². The molecule has 2 N–H and O–H groups in total. The van der Waals surface area contributed by atoms with Gasteiger partial charge >= 0.3 is 0 Å². The minimum absolute atomic E-state index is 0.701. The highest BCUT2D eigenvalue weighted by Gasteiger charge is 2.25. The van der Waals surface area contributed by atoms with Gasteiger partial charge in [-0.25, -0.2) is 0 Å². The van der Waals surface area contributed by atoms with Crippen LogP contribution in [0.25, 0.3) is 0 Å². The lowest BCUT2D eigenvalue weighted by molar-refractivity contribution is -0.0162. The second-order valence-electron chi connectivity index (χ2n) is 3.08. The van der Waals surface area contributed by atoms with Crippen molar-refractivity contribution in [3.05, 3.63) is 0 Å². The molecular formula is C6H14O8S2. The first-order chi connectivity index (χ1) is 7.05. The predicted molar refractivity (Wildman–Crippen MR) is 53.6 cm³/mol. The van der Waals surface area contributed by atoms with Gasteiger partial charge in [-0.2, -0.15) is 16.8 Å². The Kier molecular flexibility index (Phi) is 5.79. The van der Waals surface area contributed by atoms with Gasteiger partial charge in [-0.05, 0) is 0 Å². The third-order valence-electron chi connectivity index (χ3n) is 1.36. The lowest BCUT2D eigenvalue weighted by atomic mass is 10.2. The summed E-state index contributed by atoms with van der Waals surface area (Å²) in [7, 11) is -7.68. The number of rotatable bonds is 7. The molecule has 2 atom stereocenters. The van der Waals surface area contributed by atoms with Crippen LogP contribution in [0.2, 0.25) is 0 Å². The second kappa shape index (κ2) is 5.89. The van der Waals surface area contributed by atoms with Gasteiger partial charge in [-0.1, -0.05) is 0 Å². The molecule has 0 saturated carbocycles. The smallest absolute Gasteiger partial charge is 0.264 e. The molecule has 0 aliphatic rings. The number of aliphatic hydroxyl groups is 2. The summed E-state index contributed by atoms with van der Waals surface area (Å²) >= 11 is 0. The predicted octanol–water partition coefficient (Wildman–Crippen LogP) is -2.34. The maximum Gasteiger partial charge on any atom is 0.264 e. The van der Waals surface area contributed by atoms with Crippen LogP contribution in [0, 0.1) is 0 Å². The van der Waals surface area contributed by atoms with E-state index in [1.54, 1.807) is 0 Å². The van der Waals surface area contributed by atoms with Gasteiger partial charge in [-0.15, -0.1) is 0 Å². The van der Waals surface area contributed by atoms with Crippen molar-refractivity contribution in [1.29, 1.82) is 0 Å². The van der Waals surface area contributed by atoms with E-state index in [0.29, 0.717) is 0 Å². The van der Waals surface area contributed by atoms with Gasteiger partial charge < -0.3 is 10.2 Å². The fourth-order valence-corrected chi connectivity index (χ4v) is 1.75. The Morgan fingerprint density at radius 1 is 1.12 bits per heavy atom. The molecule has 0 aliphatic heterocycles. The van der Waals surface area contributed by atoms with Crippen LogP contribution in [-0.4, -0.2) is 65.0 Å². The second-order valence-corrected chi connectivity index (χ2v) is 6.32. The van der Waals surface area contributed by atoms with Crippen molar-refractivity contribution in [2.75, 3.05) is 25.7 Å². The summed E-state index contributed by atoms with van der Waals surface area (Å²) in [6.07, 6.45) is -1.55. The Bertz CT molecular complexity index is 396. The minimum atomic E-state index is -3.89. The number of hydrogen-bond donors (Lipinski definition) is 2. The maximum atomic E-state index is 10.8. The molecule has 0 aromatic heterocycles. The van der Waals surface area contributed by atoms with E-state index < -0.39 is 45.7 Å². The Balaban J connectivity index is 4.57. The van der Waals surface area contributed by atoms with Crippen molar-refractivity contribution in [3.63, 3.8) is 0 Å². The summed E-state index contributed by atoms with van der Waals surface area (Å²) in [5.74, 6) is 0. The van der Waals surface area contributed by atoms with Crippen LogP contribution >= 0.6 is 0 Å². The highest BCUT2D eigenvalue weighted by atomic mass is 32.2. The lowest BCUT2D eigenvalue weighted by Gasteiger charge is -2.19. The molecule has 16 heavy (non-hydrogen) atoms. The van der Waals surface area contributed by atoms with Crippen LogP contribution in [0.5, 0.6) is 0 Å². The fraction of sp³-hybridized carbons (Fsp3) is 1.00. The van der Waals surface area contributed by atoms with Gasteiger partial charge in [0.05, 0.1) is 25.7 Å². The normalized spacial score (nSPS) is 17.0. The summed E-state index contributed by atoms with van der Waals surface area (Å²) < 4.78 is 51.4. The molecule has 0 aliphatic carbocycles. The number of aliphatic hydroxyl groups excluding tert-OH is 2. The topological polar surface area (TPSA) is 127 Å². The van der Waals surface area contributed by atoms with Gasteiger partial charge in [0.15, 0.2) is 0 Å². The summed E-state index contributed by atoms with van der Waals surface area (Å²) in [5.41, 5.74) is 0. The van der Waals surface area contributed by atoms with E-state index in [-0.39, 0.29) is 0 Å². The minimum Gasteiger partial charge on any atom is -0.394 e. The van der Waals surface area contributed by atoms with Crippen molar-refractivity contribution < 1.29 is 35.4 Å². The average Bonchev–Trinajstić information content (AvgIpc) is 2.07. The molecule has 0 spiro atoms. The monoisotopic (exact) mass is 278 g/mol. The van der Waals surface area contributed by atoms with Crippen molar-refractivity contribution in [2.24, 2.45) is 0 Å². The average molecular weight is 278 g/mol. The quantitative estimate of drug-likeness (QED) is 0.496. The molecule has 0 unspecified atom stereocenters. The Hall–Kier alpha value is -0.260. The highest BCUT2D eigenvalue weighted by molar-refractivity contribution is 7.86. The molecule has 0 bridgehead atoms. The molecule has 98 valence electrons. The first kappa shape index (κ1) is 15.7. The zero-order valence-electron chi connectivity index (χ0n) is 8.73. The van der Waals surface area contributed by atoms with Gasteiger partial charge in [0, 0.05) is 0 Å². The van der Waals surface area contributed by atoms with Gasteiger partial charge in [0.25, 0.3) is 20.2 Å². The van der Waals surface area contributed by atoms with E-state index in [1.807, 2.05) is 0 Å². The molecule has 0 heterocycles. The van der Waals surface area contributed by atoms with Gasteiger partial charge in [-0.3, -0.25) is 8.37 Å². The van der Waals surface area contributed by atoms with E-state index >= 15 is 0 Å². The van der Waals surface area contributed by atoms with E-state index in [2.05, 4.69) is 8.37 Å². The van der Waals surface area contributed by atoms with E-state index in [4.69, 9.17) is 10.2 Å². The van der Waals surface area contributed by atoms with Crippen molar-refractivity contribution >= 4 is 20.2 Å². The third kappa shape index (κ3) is 7.96. The standard InChI is InChI=1S/C6H14O8S2/c1-15(9,10)13-4-6(5(8)3-7)14-16(2,11)12/h5-8H,3-4H2,1-2H3/t5-,6+/m1/s1. The van der Waals surface area contributed by atoms with Crippen molar-refractivity contribution in [1.82, 2.24) is 0 Å². The van der Waals surface area contributed by atoms with Crippen LogP contribution in [0.3, 0.4) is 0 Å². The lowest BCUT2D eigenvalue weighted by Crippen LogP contribution is -2.38. The summed E-state index contributed by atoms with van der Waals surface area (Å²) in [5, 5.41) is 17.8. The summed E-state index contributed by atoms with van der Waals surface area (Å²) in [6, 6.07) is 0. The van der Waals surface area contributed by atoms with Gasteiger partial charge in [0.1, 0.15) is 12.2 Å². The van der Waals surface area contributed by atoms with E-state index in [9.17, 15) is 16.8 Å². The first-order valence-corrected chi connectivity index (χ1v) is 7.70. The fourth-order valence-electron chi connectivity index (χ4n) is 0.736. The molecular weight excluding hydrogens is 264 g/mol. The van der Waals surface area contributed by atoms with Crippen LogP contribution in [0.15, 0.2) is 0 Å². The third-order valence-corrected chi connectivity index (χ3v) is 2.52. The zero-order chi connectivity index (χ0) is 13.0.